The van der Waals surface area contributed by atoms with E-state index in [1.165, 1.54) is 0 Å². The van der Waals surface area contributed by atoms with Gasteiger partial charge in [0.05, 0.1) is 12.0 Å². The average Bonchev–Trinajstić information content (AvgIpc) is 2.80. The molecule has 1 aromatic rings. The molecule has 1 unspecified atom stereocenters. The van der Waals surface area contributed by atoms with E-state index < -0.39 is 11.9 Å². The molecule has 0 saturated carbocycles. The maximum atomic E-state index is 12.3. The van der Waals surface area contributed by atoms with E-state index in [-0.39, 0.29) is 17.9 Å². The molecule has 1 aliphatic rings. The lowest BCUT2D eigenvalue weighted by molar-refractivity contribution is -0.142. The second kappa shape index (κ2) is 6.58. The third-order valence-corrected chi connectivity index (χ3v) is 4.47. The molecular formula is C15H19BrN2O3. The van der Waals surface area contributed by atoms with Gasteiger partial charge in [-0.2, -0.15) is 0 Å². The van der Waals surface area contributed by atoms with Crippen LogP contribution in [0.5, 0.6) is 0 Å². The van der Waals surface area contributed by atoms with Crippen molar-refractivity contribution in [2.45, 2.75) is 19.9 Å². The van der Waals surface area contributed by atoms with Crippen LogP contribution in [0.2, 0.25) is 0 Å². The van der Waals surface area contributed by atoms with Gasteiger partial charge in [-0.15, -0.1) is 0 Å². The van der Waals surface area contributed by atoms with Crippen molar-refractivity contribution in [3.05, 3.63) is 28.7 Å². The van der Waals surface area contributed by atoms with E-state index in [0.717, 1.165) is 10.2 Å². The summed E-state index contributed by atoms with van der Waals surface area (Å²) < 4.78 is 0.897. The highest BCUT2D eigenvalue weighted by atomic mass is 79.9. The largest absolute Gasteiger partial charge is 0.481 e. The molecule has 1 heterocycles. The van der Waals surface area contributed by atoms with Crippen LogP contribution in [-0.2, 0) is 9.59 Å². The quantitative estimate of drug-likeness (QED) is 0.871. The monoisotopic (exact) mass is 354 g/mol. The number of likely N-dealkylation sites (tertiary alicyclic amines) is 1. The van der Waals surface area contributed by atoms with Gasteiger partial charge in [0.1, 0.15) is 0 Å². The molecule has 0 aliphatic carbocycles. The van der Waals surface area contributed by atoms with Crippen molar-refractivity contribution in [3.63, 3.8) is 0 Å². The van der Waals surface area contributed by atoms with Crippen molar-refractivity contribution >= 4 is 33.5 Å². The first-order valence-electron chi connectivity index (χ1n) is 6.91. The van der Waals surface area contributed by atoms with Gasteiger partial charge in [-0.05, 0) is 31.0 Å². The first-order chi connectivity index (χ1) is 9.88. The summed E-state index contributed by atoms with van der Waals surface area (Å²) in [5.74, 6) is -1.24. The lowest BCUT2D eigenvalue weighted by atomic mass is 9.99. The standard InChI is InChI=1S/C15H19BrN2O3/c1-9-7-18(8-13(9)15(20)21)10(2)14(19)17-12-5-3-4-11(16)6-12/h3-6,9-10,13H,7-8H2,1-2H3,(H,17,19)(H,20,21)/t9-,10?,13-/m1/s1. The van der Waals surface area contributed by atoms with Gasteiger partial charge in [-0.1, -0.05) is 28.9 Å². The summed E-state index contributed by atoms with van der Waals surface area (Å²) in [4.78, 5) is 25.4. The number of halogens is 1. The van der Waals surface area contributed by atoms with Crippen LogP contribution in [0.3, 0.4) is 0 Å². The predicted molar refractivity (Wildman–Crippen MR) is 84.1 cm³/mol. The minimum Gasteiger partial charge on any atom is -0.481 e. The zero-order valence-corrected chi connectivity index (χ0v) is 13.6. The molecule has 0 spiro atoms. The number of carbonyl (C=O) groups excluding carboxylic acids is 1. The summed E-state index contributed by atoms with van der Waals surface area (Å²) in [6, 6.07) is 7.04. The number of carboxylic acids is 1. The summed E-state index contributed by atoms with van der Waals surface area (Å²) in [5.41, 5.74) is 0.725. The Labute approximate surface area is 132 Å². The fraction of sp³-hybridized carbons (Fsp3) is 0.467. The zero-order chi connectivity index (χ0) is 15.6. The predicted octanol–water partition coefficient (Wildman–Crippen LogP) is 2.43. The Kier molecular flexibility index (Phi) is 5.00. The Morgan fingerprint density at radius 2 is 2.14 bits per heavy atom. The molecule has 6 heteroatoms. The molecule has 2 rings (SSSR count). The first-order valence-corrected chi connectivity index (χ1v) is 7.71. The van der Waals surface area contributed by atoms with Crippen LogP contribution in [-0.4, -0.2) is 41.0 Å². The topological polar surface area (TPSA) is 69.6 Å². The van der Waals surface area contributed by atoms with E-state index >= 15 is 0 Å². The number of carbonyl (C=O) groups is 2. The number of hydrogen-bond acceptors (Lipinski definition) is 3. The second-order valence-corrected chi connectivity index (χ2v) is 6.47. The molecule has 5 nitrogen and oxygen atoms in total. The number of rotatable bonds is 4. The molecule has 3 atom stereocenters. The van der Waals surface area contributed by atoms with Crippen LogP contribution in [0, 0.1) is 11.8 Å². The molecule has 114 valence electrons. The highest BCUT2D eigenvalue weighted by Gasteiger charge is 2.38. The summed E-state index contributed by atoms with van der Waals surface area (Å²) in [6.45, 7) is 4.77. The number of nitrogens with zero attached hydrogens (tertiary/aromatic N) is 1. The van der Waals surface area contributed by atoms with Crippen molar-refractivity contribution < 1.29 is 14.7 Å². The van der Waals surface area contributed by atoms with Crippen molar-refractivity contribution in [3.8, 4) is 0 Å². The molecule has 2 N–H and O–H groups in total. The summed E-state index contributed by atoms with van der Waals surface area (Å²) in [6.07, 6.45) is 0. The highest BCUT2D eigenvalue weighted by molar-refractivity contribution is 9.10. The first kappa shape index (κ1) is 16.0. The number of nitrogens with one attached hydrogen (secondary N) is 1. The number of carboxylic acid groups (broad SMARTS) is 1. The normalized spacial score (nSPS) is 23.8. The van der Waals surface area contributed by atoms with Crippen molar-refractivity contribution in [1.29, 1.82) is 0 Å². The van der Waals surface area contributed by atoms with Crippen LogP contribution in [0.4, 0.5) is 5.69 Å². The van der Waals surface area contributed by atoms with Crippen LogP contribution >= 0.6 is 15.9 Å². The Balaban J connectivity index is 1.98. The minimum atomic E-state index is -0.787. The van der Waals surface area contributed by atoms with E-state index in [9.17, 15) is 9.59 Å². The SMILES string of the molecule is CC(C(=O)Nc1cccc(Br)c1)N1C[C@@H](C)[C@H](C(=O)O)C1. The fourth-order valence-electron chi connectivity index (χ4n) is 2.62. The third-order valence-electron chi connectivity index (χ3n) is 3.98. The minimum absolute atomic E-state index is 0.0589. The average molecular weight is 355 g/mol. The number of anilines is 1. The number of hydrogen-bond donors (Lipinski definition) is 2. The summed E-state index contributed by atoms with van der Waals surface area (Å²) in [5, 5.41) is 12.0. The molecule has 1 aliphatic heterocycles. The molecule has 1 fully saturated rings. The number of benzene rings is 1. The number of amides is 1. The summed E-state index contributed by atoms with van der Waals surface area (Å²) >= 11 is 3.36. The van der Waals surface area contributed by atoms with Crippen molar-refractivity contribution in [2.24, 2.45) is 11.8 Å². The van der Waals surface area contributed by atoms with E-state index in [0.29, 0.717) is 13.1 Å². The molecule has 1 saturated heterocycles. The second-order valence-electron chi connectivity index (χ2n) is 5.55. The molecule has 21 heavy (non-hydrogen) atoms. The maximum absolute atomic E-state index is 12.3. The Morgan fingerprint density at radius 1 is 1.43 bits per heavy atom. The van der Waals surface area contributed by atoms with Crippen LogP contribution in [0.15, 0.2) is 28.7 Å². The van der Waals surface area contributed by atoms with E-state index in [1.54, 1.807) is 0 Å². The molecule has 0 bridgehead atoms. The van der Waals surface area contributed by atoms with Crippen LogP contribution < -0.4 is 5.32 Å². The van der Waals surface area contributed by atoms with Gasteiger partial charge in [0, 0.05) is 23.2 Å². The molecule has 1 aromatic carbocycles. The third kappa shape index (κ3) is 3.83. The van der Waals surface area contributed by atoms with Gasteiger partial charge in [0.25, 0.3) is 0 Å². The lowest BCUT2D eigenvalue weighted by Gasteiger charge is -2.23. The van der Waals surface area contributed by atoms with Gasteiger partial charge in [0.2, 0.25) is 5.91 Å². The molecule has 0 radical (unpaired) electrons. The number of aliphatic carboxylic acids is 1. The van der Waals surface area contributed by atoms with Crippen LogP contribution in [0.1, 0.15) is 13.8 Å². The smallest absolute Gasteiger partial charge is 0.308 e. The highest BCUT2D eigenvalue weighted by Crippen LogP contribution is 2.25. The van der Waals surface area contributed by atoms with Gasteiger partial charge >= 0.3 is 5.97 Å². The summed E-state index contributed by atoms with van der Waals surface area (Å²) in [7, 11) is 0. The van der Waals surface area contributed by atoms with Crippen molar-refractivity contribution in [1.82, 2.24) is 4.90 Å². The van der Waals surface area contributed by atoms with Gasteiger partial charge < -0.3 is 10.4 Å². The molecular weight excluding hydrogens is 336 g/mol. The lowest BCUT2D eigenvalue weighted by Crippen LogP contribution is -2.41. The van der Waals surface area contributed by atoms with Crippen molar-refractivity contribution in [2.75, 3.05) is 18.4 Å². The van der Waals surface area contributed by atoms with E-state index in [1.807, 2.05) is 43.0 Å². The van der Waals surface area contributed by atoms with Gasteiger partial charge in [-0.25, -0.2) is 0 Å². The Morgan fingerprint density at radius 3 is 2.71 bits per heavy atom. The molecule has 0 aromatic heterocycles. The van der Waals surface area contributed by atoms with Crippen LogP contribution in [0.25, 0.3) is 0 Å². The zero-order valence-electron chi connectivity index (χ0n) is 12.0. The Hall–Kier alpha value is -1.40. The fourth-order valence-corrected chi connectivity index (χ4v) is 3.02. The maximum Gasteiger partial charge on any atom is 0.308 e. The Bertz CT molecular complexity index is 549. The van der Waals surface area contributed by atoms with E-state index in [4.69, 9.17) is 5.11 Å². The van der Waals surface area contributed by atoms with Gasteiger partial charge in [0.15, 0.2) is 0 Å². The van der Waals surface area contributed by atoms with E-state index in [2.05, 4.69) is 21.2 Å². The molecule has 1 amide bonds. The van der Waals surface area contributed by atoms with Gasteiger partial charge in [-0.3, -0.25) is 14.5 Å².